The van der Waals surface area contributed by atoms with E-state index in [2.05, 4.69) is 29.1 Å². The van der Waals surface area contributed by atoms with Crippen LogP contribution < -0.4 is 14.8 Å². The Labute approximate surface area is 166 Å². The molecule has 0 radical (unpaired) electrons. The Morgan fingerprint density at radius 2 is 1.86 bits per heavy atom. The van der Waals surface area contributed by atoms with E-state index in [1.165, 1.54) is 17.7 Å². The third-order valence-electron chi connectivity index (χ3n) is 5.54. The Morgan fingerprint density at radius 3 is 2.57 bits per heavy atom. The quantitative estimate of drug-likeness (QED) is 0.629. The van der Waals surface area contributed by atoms with Crippen LogP contribution in [0.15, 0.2) is 42.7 Å². The molecule has 2 N–H and O–H groups in total. The first kappa shape index (κ1) is 18.4. The van der Waals surface area contributed by atoms with Crippen LogP contribution in [0.25, 0.3) is 11.3 Å². The van der Waals surface area contributed by atoms with Crippen molar-refractivity contribution in [2.75, 3.05) is 19.5 Å². The molecule has 0 aliphatic heterocycles. The van der Waals surface area contributed by atoms with Crippen molar-refractivity contribution in [1.82, 2.24) is 9.97 Å². The Morgan fingerprint density at radius 1 is 1.07 bits per heavy atom. The highest BCUT2D eigenvalue weighted by Gasteiger charge is 2.30. The van der Waals surface area contributed by atoms with Gasteiger partial charge in [-0.1, -0.05) is 13.8 Å². The van der Waals surface area contributed by atoms with Gasteiger partial charge in [0.05, 0.1) is 31.3 Å². The minimum atomic E-state index is 0.308. The van der Waals surface area contributed by atoms with Gasteiger partial charge in [-0.25, -0.2) is 0 Å². The first-order valence-corrected chi connectivity index (χ1v) is 9.64. The van der Waals surface area contributed by atoms with Crippen LogP contribution >= 0.6 is 0 Å². The van der Waals surface area contributed by atoms with Crippen molar-refractivity contribution >= 4 is 11.4 Å². The number of aromatic amines is 1. The normalized spacial score (nSPS) is 15.0. The van der Waals surface area contributed by atoms with Crippen LogP contribution in [0.1, 0.15) is 31.5 Å². The summed E-state index contributed by atoms with van der Waals surface area (Å²) in [6.07, 6.45) is 6.92. The van der Waals surface area contributed by atoms with Crippen LogP contribution in [0, 0.1) is 5.41 Å². The van der Waals surface area contributed by atoms with Crippen LogP contribution in [-0.4, -0.2) is 24.2 Å². The van der Waals surface area contributed by atoms with E-state index in [1.807, 2.05) is 42.7 Å². The Balaban J connectivity index is 1.81. The molecule has 3 aromatic rings. The SMILES string of the molecule is COc1ccc(Nc2c(-c3ccncc3)[nH]c3c2CCC(C)(C)C3)c(OC)c1. The second kappa shape index (κ2) is 7.23. The highest BCUT2D eigenvalue weighted by Crippen LogP contribution is 2.44. The zero-order chi connectivity index (χ0) is 19.7. The monoisotopic (exact) mass is 377 g/mol. The third kappa shape index (κ3) is 3.44. The van der Waals surface area contributed by atoms with Gasteiger partial charge in [0.25, 0.3) is 0 Å². The molecule has 1 aliphatic rings. The number of methoxy groups -OCH3 is 2. The number of pyridine rings is 1. The molecule has 1 aromatic carbocycles. The second-order valence-electron chi connectivity index (χ2n) is 8.10. The summed E-state index contributed by atoms with van der Waals surface area (Å²) in [5.74, 6) is 1.53. The van der Waals surface area contributed by atoms with E-state index in [9.17, 15) is 0 Å². The van der Waals surface area contributed by atoms with Crippen molar-refractivity contribution in [2.45, 2.75) is 33.1 Å². The molecule has 146 valence electrons. The van der Waals surface area contributed by atoms with Crippen LogP contribution in [0.3, 0.4) is 0 Å². The first-order chi connectivity index (χ1) is 13.5. The molecule has 2 heterocycles. The number of ether oxygens (including phenoxy) is 2. The van der Waals surface area contributed by atoms with E-state index >= 15 is 0 Å². The maximum Gasteiger partial charge on any atom is 0.145 e. The number of hydrogen-bond donors (Lipinski definition) is 2. The molecular weight excluding hydrogens is 350 g/mol. The Kier molecular flexibility index (Phi) is 4.75. The van der Waals surface area contributed by atoms with Crippen LogP contribution in [0.5, 0.6) is 11.5 Å². The predicted octanol–water partition coefficient (Wildman–Crippen LogP) is 5.35. The maximum absolute atomic E-state index is 5.60. The van der Waals surface area contributed by atoms with Crippen molar-refractivity contribution in [1.29, 1.82) is 0 Å². The maximum atomic E-state index is 5.60. The fourth-order valence-corrected chi connectivity index (χ4v) is 3.96. The number of aromatic nitrogens is 2. The lowest BCUT2D eigenvalue weighted by molar-refractivity contribution is 0.313. The lowest BCUT2D eigenvalue weighted by Crippen LogP contribution is -2.22. The Bertz CT molecular complexity index is 977. The minimum Gasteiger partial charge on any atom is -0.497 e. The molecule has 0 atom stereocenters. The van der Waals surface area contributed by atoms with Crippen molar-refractivity contribution in [3.8, 4) is 22.8 Å². The van der Waals surface area contributed by atoms with E-state index in [1.54, 1.807) is 14.2 Å². The third-order valence-corrected chi connectivity index (χ3v) is 5.54. The van der Waals surface area contributed by atoms with E-state index in [0.29, 0.717) is 5.41 Å². The summed E-state index contributed by atoms with van der Waals surface area (Å²) >= 11 is 0. The van der Waals surface area contributed by atoms with Crippen molar-refractivity contribution in [3.63, 3.8) is 0 Å². The zero-order valence-corrected chi connectivity index (χ0v) is 16.9. The fraction of sp³-hybridized carbons (Fsp3) is 0.348. The van der Waals surface area contributed by atoms with Gasteiger partial charge in [-0.3, -0.25) is 4.98 Å². The van der Waals surface area contributed by atoms with Gasteiger partial charge in [-0.05, 0) is 54.5 Å². The van der Waals surface area contributed by atoms with Gasteiger partial charge in [-0.15, -0.1) is 0 Å². The summed E-state index contributed by atoms with van der Waals surface area (Å²) in [6, 6.07) is 9.92. The summed E-state index contributed by atoms with van der Waals surface area (Å²) < 4.78 is 10.9. The van der Waals surface area contributed by atoms with Gasteiger partial charge in [0, 0.05) is 29.7 Å². The average molecular weight is 377 g/mol. The second-order valence-corrected chi connectivity index (χ2v) is 8.10. The van der Waals surface area contributed by atoms with Crippen molar-refractivity contribution < 1.29 is 9.47 Å². The van der Waals surface area contributed by atoms with Gasteiger partial charge >= 0.3 is 0 Å². The molecule has 0 spiro atoms. The molecule has 4 rings (SSSR count). The van der Waals surface area contributed by atoms with E-state index in [-0.39, 0.29) is 0 Å². The van der Waals surface area contributed by atoms with Crippen molar-refractivity contribution in [2.24, 2.45) is 5.41 Å². The van der Waals surface area contributed by atoms with Gasteiger partial charge in [0.2, 0.25) is 0 Å². The topological polar surface area (TPSA) is 59.2 Å². The smallest absolute Gasteiger partial charge is 0.145 e. The number of rotatable bonds is 5. The molecule has 0 unspecified atom stereocenters. The summed E-state index contributed by atoms with van der Waals surface area (Å²) in [7, 11) is 3.34. The van der Waals surface area contributed by atoms with Gasteiger partial charge in [-0.2, -0.15) is 0 Å². The molecule has 0 fully saturated rings. The zero-order valence-electron chi connectivity index (χ0n) is 16.9. The summed E-state index contributed by atoms with van der Waals surface area (Å²) in [5, 5.41) is 3.65. The molecule has 0 saturated heterocycles. The molecule has 0 saturated carbocycles. The minimum absolute atomic E-state index is 0.308. The number of benzene rings is 1. The number of nitrogens with zero attached hydrogens (tertiary/aromatic N) is 1. The molecular formula is C23H27N3O2. The van der Waals surface area contributed by atoms with Crippen molar-refractivity contribution in [3.05, 3.63) is 54.0 Å². The van der Waals surface area contributed by atoms with Gasteiger partial charge in [0.1, 0.15) is 11.5 Å². The molecule has 5 heteroatoms. The number of anilines is 2. The molecule has 0 bridgehead atoms. The predicted molar refractivity (Wildman–Crippen MR) is 113 cm³/mol. The van der Waals surface area contributed by atoms with E-state index in [0.717, 1.165) is 47.0 Å². The molecule has 5 nitrogen and oxygen atoms in total. The number of H-pyrrole nitrogens is 1. The van der Waals surface area contributed by atoms with Gasteiger partial charge < -0.3 is 19.8 Å². The number of fused-ring (bicyclic) bond motifs is 1. The average Bonchev–Trinajstić information content (AvgIpc) is 3.05. The van der Waals surface area contributed by atoms with Gasteiger partial charge in [0.15, 0.2) is 0 Å². The lowest BCUT2D eigenvalue weighted by atomic mass is 9.76. The number of hydrogen-bond acceptors (Lipinski definition) is 4. The highest BCUT2D eigenvalue weighted by atomic mass is 16.5. The first-order valence-electron chi connectivity index (χ1n) is 9.64. The largest absolute Gasteiger partial charge is 0.497 e. The fourth-order valence-electron chi connectivity index (χ4n) is 3.96. The van der Waals surface area contributed by atoms with Crippen LogP contribution in [0.2, 0.25) is 0 Å². The highest BCUT2D eigenvalue weighted by molar-refractivity contribution is 5.84. The molecule has 1 aliphatic carbocycles. The van der Waals surface area contributed by atoms with Crippen LogP contribution in [0.4, 0.5) is 11.4 Å². The molecule has 28 heavy (non-hydrogen) atoms. The Hall–Kier alpha value is -2.95. The standard InChI is InChI=1S/C23H27N3O2/c1-23(2)10-7-17-19(14-23)26-21(15-8-11-24-12-9-15)22(17)25-18-6-5-16(27-3)13-20(18)28-4/h5-6,8-9,11-13,25-26H,7,10,14H2,1-4H3. The lowest BCUT2D eigenvalue weighted by Gasteiger charge is -2.29. The summed E-state index contributed by atoms with van der Waals surface area (Å²) in [6.45, 7) is 4.67. The molecule has 0 amide bonds. The van der Waals surface area contributed by atoms with Crippen LogP contribution in [-0.2, 0) is 12.8 Å². The summed E-state index contributed by atoms with van der Waals surface area (Å²) in [5.41, 5.74) is 7.26. The number of nitrogens with one attached hydrogen (secondary N) is 2. The van der Waals surface area contributed by atoms with E-state index < -0.39 is 0 Å². The van der Waals surface area contributed by atoms with E-state index in [4.69, 9.17) is 9.47 Å². The molecule has 2 aromatic heterocycles. The summed E-state index contributed by atoms with van der Waals surface area (Å²) in [4.78, 5) is 7.87.